The van der Waals surface area contributed by atoms with Crippen LogP contribution in [0.4, 0.5) is 0 Å². The second-order valence-corrected chi connectivity index (χ2v) is 19.0. The number of thiophene rings is 1. The topological polar surface area (TPSA) is 4.93 Å². The van der Waals surface area contributed by atoms with Crippen LogP contribution in [-0.2, 0) is 5.41 Å². The molecular formula is C61H47NS. The first-order chi connectivity index (χ1) is 30.9. The van der Waals surface area contributed by atoms with Gasteiger partial charge in [-0.1, -0.05) is 166 Å². The van der Waals surface area contributed by atoms with E-state index in [1.807, 2.05) is 11.3 Å². The average molecular weight is 826 g/mol. The maximum atomic E-state index is 2.53. The first-order valence-electron chi connectivity index (χ1n) is 22.4. The first kappa shape index (κ1) is 37.7. The van der Waals surface area contributed by atoms with E-state index in [1.54, 1.807) is 0 Å². The Balaban J connectivity index is 0.987. The van der Waals surface area contributed by atoms with E-state index in [4.69, 9.17) is 0 Å². The van der Waals surface area contributed by atoms with Gasteiger partial charge in [-0.05, 0) is 134 Å². The largest absolute Gasteiger partial charge is 0.309 e. The zero-order chi connectivity index (χ0) is 42.4. The van der Waals surface area contributed by atoms with Gasteiger partial charge in [0.2, 0.25) is 0 Å². The Morgan fingerprint density at radius 3 is 1.97 bits per heavy atom. The van der Waals surface area contributed by atoms with Gasteiger partial charge in [-0.25, -0.2) is 0 Å². The maximum absolute atomic E-state index is 2.53. The summed E-state index contributed by atoms with van der Waals surface area (Å²) in [5.74, 6) is 0.204. The van der Waals surface area contributed by atoms with Gasteiger partial charge in [-0.2, -0.15) is 0 Å². The molecule has 2 heterocycles. The molecule has 0 radical (unpaired) electrons. The SMILES string of the molecule is CCC(c1cc(-c2ccc3c(c2)C(C)(C)c2ccccc2-3)c2sc3ccccc3c2c1)c1ccccc1-c1ccc(-c2cccc3c2c2ccccc2n3-c2ccccc2)cc1C. The fourth-order valence-corrected chi connectivity index (χ4v) is 12.3. The quantitative estimate of drug-likeness (QED) is 0.151. The van der Waals surface area contributed by atoms with Gasteiger partial charge in [-0.15, -0.1) is 11.3 Å². The number of rotatable bonds is 7. The highest BCUT2D eigenvalue weighted by Crippen LogP contribution is 2.51. The molecule has 0 spiro atoms. The maximum Gasteiger partial charge on any atom is 0.0547 e. The van der Waals surface area contributed by atoms with Crippen LogP contribution in [-0.4, -0.2) is 4.57 Å². The number of benzene rings is 9. The second kappa shape index (κ2) is 14.5. The van der Waals surface area contributed by atoms with Crippen LogP contribution in [0.5, 0.6) is 0 Å². The molecule has 0 bridgehead atoms. The summed E-state index contributed by atoms with van der Waals surface area (Å²) in [6.07, 6.45) is 0.987. The first-order valence-corrected chi connectivity index (χ1v) is 23.2. The molecule has 12 rings (SSSR count). The van der Waals surface area contributed by atoms with Crippen LogP contribution < -0.4 is 0 Å². The standard InChI is InChI=1S/C61H47NS/c1-5-43(41-35-52(60-53(36-41)50-23-13-16-29-58(50)63-60)40-31-33-49-48-22-11-14-26-54(48)61(3,4)55(49)37-40)46-20-9-10-21-47(46)44-32-30-39(34-38(44)2)45-25-17-28-57-59(45)51-24-12-15-27-56(51)62(57)42-18-7-6-8-19-42/h6-37,43H,5H2,1-4H3. The minimum atomic E-state index is -0.0648. The van der Waals surface area contributed by atoms with Crippen molar-refractivity contribution in [2.24, 2.45) is 0 Å². The van der Waals surface area contributed by atoms with Crippen LogP contribution in [0.2, 0.25) is 0 Å². The normalized spacial score (nSPS) is 13.5. The summed E-state index contributed by atoms with van der Waals surface area (Å²) >= 11 is 1.93. The molecule has 11 aromatic rings. The lowest BCUT2D eigenvalue weighted by Gasteiger charge is -2.23. The van der Waals surface area contributed by atoms with Gasteiger partial charge in [0.05, 0.1) is 11.0 Å². The van der Waals surface area contributed by atoms with Crippen molar-refractivity contribution in [3.63, 3.8) is 0 Å². The summed E-state index contributed by atoms with van der Waals surface area (Å²) in [4.78, 5) is 0. The smallest absolute Gasteiger partial charge is 0.0547 e. The summed E-state index contributed by atoms with van der Waals surface area (Å²) in [6, 6.07) is 72.8. The van der Waals surface area contributed by atoms with Gasteiger partial charge in [0, 0.05) is 48.0 Å². The van der Waals surface area contributed by atoms with Crippen LogP contribution in [0, 0.1) is 6.92 Å². The summed E-state index contributed by atoms with van der Waals surface area (Å²) < 4.78 is 5.11. The Morgan fingerprint density at radius 2 is 1.14 bits per heavy atom. The number of hydrogen-bond acceptors (Lipinski definition) is 1. The van der Waals surface area contributed by atoms with E-state index >= 15 is 0 Å². The van der Waals surface area contributed by atoms with Crippen LogP contribution in [0.1, 0.15) is 60.9 Å². The molecule has 1 aliphatic carbocycles. The number of nitrogens with zero attached hydrogens (tertiary/aromatic N) is 1. The number of hydrogen-bond donors (Lipinski definition) is 0. The molecule has 1 atom stereocenters. The fourth-order valence-electron chi connectivity index (χ4n) is 11.1. The molecule has 0 N–H and O–H groups in total. The molecule has 0 amide bonds. The van der Waals surface area contributed by atoms with E-state index in [1.165, 1.54) is 120 Å². The Morgan fingerprint density at radius 1 is 0.492 bits per heavy atom. The van der Waals surface area contributed by atoms with Crippen LogP contribution >= 0.6 is 11.3 Å². The molecule has 0 aliphatic heterocycles. The molecule has 63 heavy (non-hydrogen) atoms. The van der Waals surface area contributed by atoms with E-state index in [9.17, 15) is 0 Å². The third kappa shape index (κ3) is 5.81. The molecule has 302 valence electrons. The van der Waals surface area contributed by atoms with Gasteiger partial charge < -0.3 is 4.57 Å². The summed E-state index contributed by atoms with van der Waals surface area (Å²) in [5, 5.41) is 5.25. The average Bonchev–Trinajstić information content (AvgIpc) is 3.95. The molecule has 1 unspecified atom stereocenters. The summed E-state index contributed by atoms with van der Waals surface area (Å²) in [5.41, 5.74) is 20.9. The Kier molecular flexibility index (Phi) is 8.71. The predicted octanol–water partition coefficient (Wildman–Crippen LogP) is 17.3. The monoisotopic (exact) mass is 825 g/mol. The molecule has 0 fully saturated rings. The van der Waals surface area contributed by atoms with Crippen molar-refractivity contribution in [1.82, 2.24) is 4.57 Å². The fraction of sp³-hybridized carbons (Fsp3) is 0.115. The summed E-state index contributed by atoms with van der Waals surface area (Å²) in [7, 11) is 0. The minimum Gasteiger partial charge on any atom is -0.309 e. The van der Waals surface area contributed by atoms with Crippen molar-refractivity contribution >= 4 is 53.3 Å². The van der Waals surface area contributed by atoms with Crippen molar-refractivity contribution in [3.8, 4) is 50.2 Å². The van der Waals surface area contributed by atoms with Gasteiger partial charge in [0.25, 0.3) is 0 Å². The van der Waals surface area contributed by atoms with E-state index in [2.05, 4.69) is 226 Å². The Hall–Kier alpha value is -7.00. The third-order valence-electron chi connectivity index (χ3n) is 14.1. The van der Waals surface area contributed by atoms with Crippen molar-refractivity contribution in [2.75, 3.05) is 0 Å². The lowest BCUT2D eigenvalue weighted by Crippen LogP contribution is -2.14. The van der Waals surface area contributed by atoms with Gasteiger partial charge in [-0.3, -0.25) is 0 Å². The van der Waals surface area contributed by atoms with E-state index in [0.717, 1.165) is 6.42 Å². The van der Waals surface area contributed by atoms with E-state index in [-0.39, 0.29) is 11.3 Å². The van der Waals surface area contributed by atoms with Gasteiger partial charge in [0.15, 0.2) is 0 Å². The molecule has 2 heteroatoms. The molecule has 1 nitrogen and oxygen atoms in total. The van der Waals surface area contributed by atoms with Crippen molar-refractivity contribution in [1.29, 1.82) is 0 Å². The molecule has 2 aromatic heterocycles. The third-order valence-corrected chi connectivity index (χ3v) is 15.3. The number of para-hydroxylation sites is 2. The lowest BCUT2D eigenvalue weighted by molar-refractivity contribution is 0.660. The molecule has 1 aliphatic rings. The number of fused-ring (bicyclic) bond motifs is 9. The van der Waals surface area contributed by atoms with Crippen LogP contribution in [0.25, 0.3) is 92.2 Å². The van der Waals surface area contributed by atoms with Crippen LogP contribution in [0.15, 0.2) is 194 Å². The Bertz CT molecular complexity index is 3600. The van der Waals surface area contributed by atoms with E-state index < -0.39 is 0 Å². The number of aryl methyl sites for hydroxylation is 1. The molecule has 0 saturated carbocycles. The highest BCUT2D eigenvalue weighted by atomic mass is 32.1. The van der Waals surface area contributed by atoms with Gasteiger partial charge in [0.1, 0.15) is 0 Å². The predicted molar refractivity (Wildman–Crippen MR) is 271 cm³/mol. The highest BCUT2D eigenvalue weighted by Gasteiger charge is 2.35. The number of aromatic nitrogens is 1. The molecular weight excluding hydrogens is 779 g/mol. The minimum absolute atomic E-state index is 0.0648. The zero-order valence-corrected chi connectivity index (χ0v) is 36.9. The van der Waals surface area contributed by atoms with Crippen molar-refractivity contribution < 1.29 is 0 Å². The Labute approximate surface area is 373 Å². The molecule has 9 aromatic carbocycles. The van der Waals surface area contributed by atoms with Crippen LogP contribution in [0.3, 0.4) is 0 Å². The van der Waals surface area contributed by atoms with E-state index in [0.29, 0.717) is 0 Å². The van der Waals surface area contributed by atoms with Crippen molar-refractivity contribution in [2.45, 2.75) is 45.4 Å². The molecule has 0 saturated heterocycles. The summed E-state index contributed by atoms with van der Waals surface area (Å²) in [6.45, 7) is 9.42. The second-order valence-electron chi connectivity index (χ2n) is 17.9. The van der Waals surface area contributed by atoms with Gasteiger partial charge >= 0.3 is 0 Å². The lowest BCUT2D eigenvalue weighted by atomic mass is 9.80. The van der Waals surface area contributed by atoms with Crippen molar-refractivity contribution in [3.05, 3.63) is 222 Å². The zero-order valence-electron chi connectivity index (χ0n) is 36.1. The highest BCUT2D eigenvalue weighted by molar-refractivity contribution is 7.26.